The Bertz CT molecular complexity index is 804. The van der Waals surface area contributed by atoms with E-state index in [4.69, 9.17) is 33.7 Å². The van der Waals surface area contributed by atoms with Gasteiger partial charge in [0.05, 0.1) is 37.9 Å². The topological polar surface area (TPSA) is 113 Å². The highest BCUT2D eigenvalue weighted by atomic mass is 19.4. The molecule has 0 unspecified atom stereocenters. The Kier molecular flexibility index (Phi) is 11.7. The molecule has 0 bridgehead atoms. The van der Waals surface area contributed by atoms with Gasteiger partial charge in [0.25, 0.3) is 0 Å². The lowest BCUT2D eigenvalue weighted by molar-refractivity contribution is -0.193. The maximum Gasteiger partial charge on any atom is 0.490 e. The highest BCUT2D eigenvalue weighted by Gasteiger charge is 2.43. The Balaban J connectivity index is 0.000000286. The van der Waals surface area contributed by atoms with E-state index in [1.165, 1.54) is 37.9 Å². The Morgan fingerprint density at radius 2 is 1.59 bits per heavy atom. The molecule has 15 heteroatoms. The fourth-order valence-electron chi connectivity index (χ4n) is 4.32. The molecule has 212 valence electrons. The number of nitrogens with zero attached hydrogens (tertiary/aromatic N) is 2. The Morgan fingerprint density at radius 3 is 2.11 bits per heavy atom. The normalized spacial score (nSPS) is 24.4. The van der Waals surface area contributed by atoms with E-state index in [-0.39, 0.29) is 12.2 Å². The molecule has 3 aliphatic rings. The number of likely N-dealkylation sites (tertiary alicyclic amines) is 1. The van der Waals surface area contributed by atoms with Crippen molar-refractivity contribution in [2.75, 3.05) is 39.4 Å². The molecule has 3 atom stereocenters. The number of halogens is 6. The molecular weight excluding hydrogens is 518 g/mol. The maximum atomic E-state index is 10.6. The largest absolute Gasteiger partial charge is 0.490 e. The molecule has 2 N–H and O–H groups in total. The molecule has 0 spiro atoms. The third-order valence-corrected chi connectivity index (χ3v) is 6.04. The Labute approximate surface area is 208 Å². The van der Waals surface area contributed by atoms with Crippen molar-refractivity contribution in [3.8, 4) is 0 Å². The van der Waals surface area contributed by atoms with Crippen molar-refractivity contribution in [3.63, 3.8) is 0 Å². The van der Waals surface area contributed by atoms with Gasteiger partial charge in [0.15, 0.2) is 0 Å². The van der Waals surface area contributed by atoms with Crippen molar-refractivity contribution in [2.24, 2.45) is 0 Å². The van der Waals surface area contributed by atoms with E-state index >= 15 is 0 Å². The molecule has 1 aromatic rings. The quantitative estimate of drug-likeness (QED) is 0.517. The number of alkyl halides is 6. The summed E-state index contributed by atoms with van der Waals surface area (Å²) in [7, 11) is 0. The standard InChI is InChI=1S/C18H28N2O3.2C2HF3O2/c1-2-7-19(6-1)8-11-22-17-4-3-16-18(17)23-12-9-20(16)13-15-5-10-21-14-15;2*3-2(4,5)1(6)7/h5,10,14,16-18H,1-4,6-9,11-13H2;2*(H,6,7)/t16-,17+,18+;;/m0../s1. The summed E-state index contributed by atoms with van der Waals surface area (Å²) in [6, 6.07) is 2.55. The fraction of sp³-hybridized carbons (Fsp3) is 0.727. The van der Waals surface area contributed by atoms with Crippen LogP contribution in [0.15, 0.2) is 23.0 Å². The van der Waals surface area contributed by atoms with Crippen molar-refractivity contribution in [1.82, 2.24) is 9.80 Å². The number of ether oxygens (including phenoxy) is 2. The van der Waals surface area contributed by atoms with Gasteiger partial charge < -0.3 is 29.0 Å². The molecule has 2 saturated heterocycles. The molecule has 0 radical (unpaired) electrons. The molecule has 3 fully saturated rings. The molecule has 4 rings (SSSR count). The first-order valence-corrected chi connectivity index (χ1v) is 11.6. The average molecular weight is 548 g/mol. The van der Waals surface area contributed by atoms with Crippen molar-refractivity contribution in [2.45, 2.75) is 62.8 Å². The third-order valence-electron chi connectivity index (χ3n) is 6.04. The van der Waals surface area contributed by atoms with E-state index in [0.717, 1.165) is 39.3 Å². The summed E-state index contributed by atoms with van der Waals surface area (Å²) in [5.41, 5.74) is 1.25. The zero-order chi connectivity index (χ0) is 27.6. The molecule has 0 aromatic carbocycles. The molecule has 1 saturated carbocycles. The number of carbonyl (C=O) groups is 2. The minimum atomic E-state index is -5.08. The molecule has 1 aliphatic carbocycles. The van der Waals surface area contributed by atoms with Crippen LogP contribution in [0.2, 0.25) is 0 Å². The van der Waals surface area contributed by atoms with Gasteiger partial charge in [-0.1, -0.05) is 0 Å². The van der Waals surface area contributed by atoms with E-state index < -0.39 is 24.3 Å². The monoisotopic (exact) mass is 548 g/mol. The first kappa shape index (κ1) is 30.9. The number of hydrogen-bond acceptors (Lipinski definition) is 7. The Morgan fingerprint density at radius 1 is 1.00 bits per heavy atom. The first-order valence-electron chi connectivity index (χ1n) is 11.6. The smallest absolute Gasteiger partial charge is 0.475 e. The van der Waals surface area contributed by atoms with E-state index in [1.54, 1.807) is 6.26 Å². The maximum absolute atomic E-state index is 10.6. The zero-order valence-electron chi connectivity index (χ0n) is 19.8. The van der Waals surface area contributed by atoms with Crippen molar-refractivity contribution < 1.29 is 60.0 Å². The lowest BCUT2D eigenvalue weighted by Crippen LogP contribution is -2.51. The van der Waals surface area contributed by atoms with Crippen LogP contribution in [-0.4, -0.2) is 102 Å². The summed E-state index contributed by atoms with van der Waals surface area (Å²) < 4.78 is 81.0. The van der Waals surface area contributed by atoms with Crippen LogP contribution in [0.25, 0.3) is 0 Å². The van der Waals surface area contributed by atoms with Crippen molar-refractivity contribution in [1.29, 1.82) is 0 Å². The van der Waals surface area contributed by atoms with Crippen LogP contribution in [0.5, 0.6) is 0 Å². The van der Waals surface area contributed by atoms with Crippen LogP contribution in [0.3, 0.4) is 0 Å². The number of morpholine rings is 1. The van der Waals surface area contributed by atoms with Gasteiger partial charge in [0.2, 0.25) is 0 Å². The summed E-state index contributed by atoms with van der Waals surface area (Å²) in [5.74, 6) is -5.51. The summed E-state index contributed by atoms with van der Waals surface area (Å²) in [6.07, 6.45) is -1.05. The second kappa shape index (κ2) is 14.0. The average Bonchev–Trinajstić information content (AvgIpc) is 3.57. The van der Waals surface area contributed by atoms with Crippen LogP contribution < -0.4 is 0 Å². The van der Waals surface area contributed by atoms with E-state index in [1.807, 2.05) is 6.26 Å². The minimum Gasteiger partial charge on any atom is -0.475 e. The number of fused-ring (bicyclic) bond motifs is 1. The Hall–Kier alpha value is -2.36. The second-order valence-corrected chi connectivity index (χ2v) is 8.65. The summed E-state index contributed by atoms with van der Waals surface area (Å²) in [4.78, 5) is 22.8. The fourth-order valence-corrected chi connectivity index (χ4v) is 4.32. The number of carboxylic acid groups (broad SMARTS) is 2. The summed E-state index contributed by atoms with van der Waals surface area (Å²) >= 11 is 0. The van der Waals surface area contributed by atoms with Gasteiger partial charge in [-0.3, -0.25) is 4.90 Å². The molecule has 0 amide bonds. The second-order valence-electron chi connectivity index (χ2n) is 8.65. The number of hydrogen-bond donors (Lipinski definition) is 2. The van der Waals surface area contributed by atoms with Gasteiger partial charge in [-0.2, -0.15) is 26.3 Å². The number of aliphatic carboxylic acids is 2. The molecule has 1 aromatic heterocycles. The van der Waals surface area contributed by atoms with E-state index in [2.05, 4.69) is 15.9 Å². The summed E-state index contributed by atoms with van der Waals surface area (Å²) in [6.45, 7) is 7.19. The summed E-state index contributed by atoms with van der Waals surface area (Å²) in [5, 5.41) is 14.2. The van der Waals surface area contributed by atoms with Crippen LogP contribution >= 0.6 is 0 Å². The highest BCUT2D eigenvalue weighted by Crippen LogP contribution is 2.33. The van der Waals surface area contributed by atoms with Crippen LogP contribution in [0, 0.1) is 0 Å². The van der Waals surface area contributed by atoms with Crippen LogP contribution in [0.1, 0.15) is 31.2 Å². The van der Waals surface area contributed by atoms with Gasteiger partial charge in [-0.25, -0.2) is 9.59 Å². The van der Waals surface area contributed by atoms with Gasteiger partial charge in [0, 0.05) is 31.2 Å². The number of rotatable bonds is 6. The molecule has 3 heterocycles. The zero-order valence-corrected chi connectivity index (χ0v) is 19.8. The SMILES string of the molecule is O=C(O)C(F)(F)F.O=C(O)C(F)(F)F.c1cc(CN2CCO[C@H]3[C@H](OCCN4CCCC4)CC[C@@H]32)co1. The molecule has 2 aliphatic heterocycles. The lowest BCUT2D eigenvalue weighted by atomic mass is 10.1. The van der Waals surface area contributed by atoms with Gasteiger partial charge in [-0.15, -0.1) is 0 Å². The van der Waals surface area contributed by atoms with Crippen molar-refractivity contribution >= 4 is 11.9 Å². The predicted molar refractivity (Wildman–Crippen MR) is 115 cm³/mol. The predicted octanol–water partition coefficient (Wildman–Crippen LogP) is 3.39. The molecular formula is C22H30F6N2O7. The third kappa shape index (κ3) is 10.5. The van der Waals surface area contributed by atoms with E-state index in [9.17, 15) is 26.3 Å². The van der Waals surface area contributed by atoms with Crippen molar-refractivity contribution in [3.05, 3.63) is 24.2 Å². The molecule has 37 heavy (non-hydrogen) atoms. The van der Waals surface area contributed by atoms with Gasteiger partial charge in [0.1, 0.15) is 0 Å². The number of furan rings is 1. The van der Waals surface area contributed by atoms with Gasteiger partial charge >= 0.3 is 24.3 Å². The molecule has 9 nitrogen and oxygen atoms in total. The lowest BCUT2D eigenvalue weighted by Gasteiger charge is -2.39. The first-order chi connectivity index (χ1) is 17.3. The number of carboxylic acids is 2. The van der Waals surface area contributed by atoms with Crippen LogP contribution in [-0.2, 0) is 25.6 Å². The van der Waals surface area contributed by atoms with Crippen LogP contribution in [0.4, 0.5) is 26.3 Å². The van der Waals surface area contributed by atoms with E-state index in [0.29, 0.717) is 6.04 Å². The highest BCUT2D eigenvalue weighted by molar-refractivity contribution is 5.73. The van der Waals surface area contributed by atoms with Gasteiger partial charge in [-0.05, 0) is 44.8 Å². The minimum absolute atomic E-state index is 0.245.